The van der Waals surface area contributed by atoms with E-state index in [2.05, 4.69) is 4.98 Å². The van der Waals surface area contributed by atoms with Gasteiger partial charge in [0.25, 0.3) is 0 Å². The molecule has 23 heavy (non-hydrogen) atoms. The van der Waals surface area contributed by atoms with Gasteiger partial charge in [0.15, 0.2) is 6.04 Å². The van der Waals surface area contributed by atoms with Crippen molar-refractivity contribution in [3.05, 3.63) is 71.2 Å². The number of fused-ring (bicyclic) bond motifs is 3. The Kier molecular flexibility index (Phi) is 3.16. The van der Waals surface area contributed by atoms with Gasteiger partial charge in [-0.1, -0.05) is 30.3 Å². The van der Waals surface area contributed by atoms with E-state index in [0.29, 0.717) is 6.42 Å². The highest BCUT2D eigenvalue weighted by molar-refractivity contribution is 5.86. The average Bonchev–Trinajstić information content (AvgIpc) is 2.92. The Morgan fingerprint density at radius 3 is 2.83 bits per heavy atom. The monoisotopic (exact) mass is 310 g/mol. The molecule has 0 spiro atoms. The number of carboxylic acids is 1. The van der Waals surface area contributed by atoms with Gasteiger partial charge in [0.2, 0.25) is 0 Å². The maximum Gasteiger partial charge on any atom is 0.153 e. The fraction of sp³-hybridized carbons (Fsp3) is 0.167. The summed E-state index contributed by atoms with van der Waals surface area (Å²) in [4.78, 5) is 14.8. The summed E-state index contributed by atoms with van der Waals surface area (Å²) in [6, 6.07) is 13.1. The molecule has 4 rings (SSSR count). The van der Waals surface area contributed by atoms with Crippen LogP contribution in [-0.4, -0.2) is 17.0 Å². The zero-order chi connectivity index (χ0) is 16.0. The molecule has 1 aliphatic heterocycles. The van der Waals surface area contributed by atoms with Gasteiger partial charge < -0.3 is 20.2 Å². The van der Waals surface area contributed by atoms with E-state index in [1.165, 1.54) is 12.1 Å². The number of carbonyl (C=O) groups is 1. The molecule has 0 bridgehead atoms. The molecule has 0 aliphatic carbocycles. The van der Waals surface area contributed by atoms with Crippen LogP contribution in [0, 0.1) is 5.82 Å². The Labute approximate surface area is 132 Å². The lowest BCUT2D eigenvalue weighted by molar-refractivity contribution is -0.717. The summed E-state index contributed by atoms with van der Waals surface area (Å²) in [5.74, 6) is -1.42. The number of benzene rings is 2. The summed E-state index contributed by atoms with van der Waals surface area (Å²) < 4.78 is 13.6. The number of aromatic nitrogens is 1. The molecular formula is C18H15FN2O2. The van der Waals surface area contributed by atoms with Crippen LogP contribution < -0.4 is 10.4 Å². The first kappa shape index (κ1) is 14.0. The number of aromatic amines is 1. The number of nitrogens with one attached hydrogen (secondary N) is 1. The van der Waals surface area contributed by atoms with Crippen molar-refractivity contribution >= 4 is 16.9 Å². The van der Waals surface area contributed by atoms with Gasteiger partial charge in [-0.3, -0.25) is 0 Å². The summed E-state index contributed by atoms with van der Waals surface area (Å²) in [6.45, 7) is 0. The van der Waals surface area contributed by atoms with Gasteiger partial charge >= 0.3 is 0 Å². The third kappa shape index (κ3) is 2.29. The van der Waals surface area contributed by atoms with Crippen LogP contribution in [0.3, 0.4) is 0 Å². The molecule has 3 N–H and O–H groups in total. The van der Waals surface area contributed by atoms with Gasteiger partial charge in [-0.2, -0.15) is 0 Å². The number of rotatable bonds is 2. The summed E-state index contributed by atoms with van der Waals surface area (Å²) in [6.07, 6.45) is 0.396. The summed E-state index contributed by atoms with van der Waals surface area (Å²) >= 11 is 0. The number of nitrogens with two attached hydrogens (primary N) is 1. The maximum atomic E-state index is 13.6. The van der Waals surface area contributed by atoms with Crippen LogP contribution >= 0.6 is 0 Å². The number of para-hydroxylation sites is 1. The topological polar surface area (TPSA) is 72.5 Å². The lowest BCUT2D eigenvalue weighted by Crippen LogP contribution is -2.95. The highest BCUT2D eigenvalue weighted by Gasteiger charge is 2.34. The van der Waals surface area contributed by atoms with E-state index in [4.69, 9.17) is 0 Å². The molecule has 116 valence electrons. The Bertz CT molecular complexity index is 903. The smallest absolute Gasteiger partial charge is 0.153 e. The van der Waals surface area contributed by atoms with Crippen molar-refractivity contribution in [1.29, 1.82) is 0 Å². The molecule has 0 saturated carbocycles. The first-order valence-electron chi connectivity index (χ1n) is 7.54. The highest BCUT2D eigenvalue weighted by atomic mass is 19.1. The maximum absolute atomic E-state index is 13.6. The van der Waals surface area contributed by atoms with Gasteiger partial charge in [-0.25, -0.2) is 4.39 Å². The second-order valence-electron chi connectivity index (χ2n) is 5.92. The second-order valence-corrected chi connectivity index (χ2v) is 5.92. The molecule has 2 atom stereocenters. The molecular weight excluding hydrogens is 295 g/mol. The highest BCUT2D eigenvalue weighted by Crippen LogP contribution is 2.31. The molecule has 1 aliphatic rings. The fourth-order valence-electron chi connectivity index (χ4n) is 3.46. The van der Waals surface area contributed by atoms with Crippen LogP contribution in [0.4, 0.5) is 4.39 Å². The van der Waals surface area contributed by atoms with E-state index in [-0.39, 0.29) is 11.9 Å². The van der Waals surface area contributed by atoms with E-state index in [0.717, 1.165) is 27.7 Å². The third-order valence-corrected chi connectivity index (χ3v) is 4.52. The van der Waals surface area contributed by atoms with Gasteiger partial charge in [0.1, 0.15) is 11.9 Å². The number of halogens is 1. The van der Waals surface area contributed by atoms with E-state index in [1.54, 1.807) is 11.4 Å². The molecule has 0 saturated heterocycles. The van der Waals surface area contributed by atoms with Crippen molar-refractivity contribution in [3.63, 3.8) is 0 Å². The largest absolute Gasteiger partial charge is 0.544 e. The van der Waals surface area contributed by atoms with Crippen molar-refractivity contribution in [2.45, 2.75) is 18.5 Å². The molecule has 0 unspecified atom stereocenters. The molecule has 2 heterocycles. The molecule has 2 aromatic carbocycles. The van der Waals surface area contributed by atoms with E-state index in [9.17, 15) is 14.3 Å². The Hall–Kier alpha value is -2.66. The molecule has 3 aromatic rings. The first-order valence-corrected chi connectivity index (χ1v) is 7.54. The average molecular weight is 310 g/mol. The van der Waals surface area contributed by atoms with Crippen molar-refractivity contribution in [2.75, 3.05) is 0 Å². The van der Waals surface area contributed by atoms with Gasteiger partial charge in [0.05, 0.1) is 11.7 Å². The normalized spacial score (nSPS) is 20.4. The first-order chi connectivity index (χ1) is 11.1. The summed E-state index contributed by atoms with van der Waals surface area (Å²) in [5.41, 5.74) is 3.62. The van der Waals surface area contributed by atoms with Crippen LogP contribution in [0.5, 0.6) is 0 Å². The molecule has 5 heteroatoms. The number of aliphatic carboxylic acids is 1. The molecule has 1 aromatic heterocycles. The zero-order valence-corrected chi connectivity index (χ0v) is 12.3. The van der Waals surface area contributed by atoms with Gasteiger partial charge in [-0.05, 0) is 23.8 Å². The second kappa shape index (κ2) is 5.21. The van der Waals surface area contributed by atoms with Crippen molar-refractivity contribution in [3.8, 4) is 0 Å². The van der Waals surface area contributed by atoms with Crippen molar-refractivity contribution < 1.29 is 19.6 Å². The lowest BCUT2D eigenvalue weighted by atomic mass is 9.90. The number of carboxylic acid groups (broad SMARTS) is 1. The Balaban J connectivity index is 1.91. The van der Waals surface area contributed by atoms with Crippen LogP contribution in [-0.2, 0) is 11.2 Å². The number of carbonyl (C=O) groups excluding carboxylic acids is 1. The van der Waals surface area contributed by atoms with Gasteiger partial charge in [0, 0.05) is 22.9 Å². The predicted molar refractivity (Wildman–Crippen MR) is 81.0 cm³/mol. The van der Waals surface area contributed by atoms with Crippen molar-refractivity contribution in [2.24, 2.45) is 0 Å². The van der Waals surface area contributed by atoms with Crippen LogP contribution in [0.2, 0.25) is 0 Å². The van der Waals surface area contributed by atoms with Crippen LogP contribution in [0.25, 0.3) is 10.9 Å². The SMILES string of the molecule is O=C([O-])[C@H]1Cc2c([nH]c3ccccc23)[C@@H](c2cccc(F)c2)[NH2+]1. The number of hydrogen-bond donors (Lipinski definition) is 2. The summed E-state index contributed by atoms with van der Waals surface area (Å²) in [5, 5.41) is 14.2. The summed E-state index contributed by atoms with van der Waals surface area (Å²) in [7, 11) is 0. The van der Waals surface area contributed by atoms with Crippen LogP contribution in [0.1, 0.15) is 22.9 Å². The van der Waals surface area contributed by atoms with E-state index < -0.39 is 12.0 Å². The van der Waals surface area contributed by atoms with E-state index in [1.807, 2.05) is 30.3 Å². The number of quaternary nitrogens is 1. The zero-order valence-electron chi connectivity index (χ0n) is 12.3. The van der Waals surface area contributed by atoms with Crippen molar-refractivity contribution in [1.82, 2.24) is 4.98 Å². The fourth-order valence-corrected chi connectivity index (χ4v) is 3.46. The van der Waals surface area contributed by atoms with E-state index >= 15 is 0 Å². The minimum absolute atomic E-state index is 0.287. The molecule has 0 radical (unpaired) electrons. The lowest BCUT2D eigenvalue weighted by Gasteiger charge is -2.28. The molecule has 4 nitrogen and oxygen atoms in total. The van der Waals surface area contributed by atoms with Gasteiger partial charge in [-0.15, -0.1) is 0 Å². The predicted octanol–water partition coefficient (Wildman–Crippen LogP) is 0.634. The Morgan fingerprint density at radius 2 is 2.04 bits per heavy atom. The molecule has 0 amide bonds. The molecule has 0 fully saturated rings. The Morgan fingerprint density at radius 1 is 1.22 bits per heavy atom. The minimum Gasteiger partial charge on any atom is -0.544 e. The standard InChI is InChI=1S/C18H15FN2O2/c19-11-5-3-4-10(8-11)16-17-13(9-15(21-16)18(22)23)12-6-1-2-7-14(12)20-17/h1-8,15-16,20-21H,9H2,(H,22,23)/t15-,16-/m1/s1. The quantitative estimate of drug-likeness (QED) is 0.729. The van der Waals surface area contributed by atoms with Crippen LogP contribution in [0.15, 0.2) is 48.5 Å². The minimum atomic E-state index is -1.10. The third-order valence-electron chi connectivity index (χ3n) is 4.52. The number of hydrogen-bond acceptors (Lipinski definition) is 2. The number of H-pyrrole nitrogens is 1.